The van der Waals surface area contributed by atoms with Crippen LogP contribution in [0.3, 0.4) is 0 Å². The molecule has 1 saturated heterocycles. The summed E-state index contributed by atoms with van der Waals surface area (Å²) in [5.41, 5.74) is 4.52. The SMILES string of the molecule is Cc1cccc(C)c1N1C[C@@H](C(=O)Nc2cccc(Cl)c2C)CC1=O. The zero-order valence-electron chi connectivity index (χ0n) is 14.6. The van der Waals surface area contributed by atoms with Crippen molar-refractivity contribution in [1.82, 2.24) is 0 Å². The normalized spacial score (nSPS) is 17.0. The van der Waals surface area contributed by atoms with Gasteiger partial charge in [0.05, 0.1) is 5.92 Å². The number of nitrogens with one attached hydrogen (secondary N) is 1. The van der Waals surface area contributed by atoms with Crippen molar-refractivity contribution < 1.29 is 9.59 Å². The number of aryl methyl sites for hydroxylation is 2. The second-order valence-electron chi connectivity index (χ2n) is 6.55. The van der Waals surface area contributed by atoms with Crippen LogP contribution >= 0.6 is 11.6 Å². The van der Waals surface area contributed by atoms with Gasteiger partial charge in [0.15, 0.2) is 0 Å². The average molecular weight is 357 g/mol. The van der Waals surface area contributed by atoms with E-state index >= 15 is 0 Å². The fourth-order valence-corrected chi connectivity index (χ4v) is 3.48. The van der Waals surface area contributed by atoms with Crippen molar-refractivity contribution in [2.24, 2.45) is 5.92 Å². The van der Waals surface area contributed by atoms with Crippen molar-refractivity contribution in [3.8, 4) is 0 Å². The van der Waals surface area contributed by atoms with Gasteiger partial charge in [-0.25, -0.2) is 0 Å². The van der Waals surface area contributed by atoms with E-state index in [0.717, 1.165) is 22.4 Å². The van der Waals surface area contributed by atoms with Gasteiger partial charge < -0.3 is 10.2 Å². The summed E-state index contributed by atoms with van der Waals surface area (Å²) in [7, 11) is 0. The van der Waals surface area contributed by atoms with Crippen molar-refractivity contribution >= 4 is 34.8 Å². The lowest BCUT2D eigenvalue weighted by Gasteiger charge is -2.21. The van der Waals surface area contributed by atoms with E-state index in [9.17, 15) is 9.59 Å². The molecule has 130 valence electrons. The van der Waals surface area contributed by atoms with Crippen molar-refractivity contribution in [3.05, 3.63) is 58.1 Å². The van der Waals surface area contributed by atoms with Crippen molar-refractivity contribution in [2.45, 2.75) is 27.2 Å². The molecule has 2 aromatic carbocycles. The molecule has 0 saturated carbocycles. The highest BCUT2D eigenvalue weighted by Gasteiger charge is 2.36. The Morgan fingerprint density at radius 2 is 1.76 bits per heavy atom. The van der Waals surface area contributed by atoms with E-state index in [-0.39, 0.29) is 24.2 Å². The van der Waals surface area contributed by atoms with E-state index in [1.54, 1.807) is 17.0 Å². The fraction of sp³-hybridized carbons (Fsp3) is 0.300. The molecule has 5 heteroatoms. The van der Waals surface area contributed by atoms with Gasteiger partial charge in [0.1, 0.15) is 0 Å². The Morgan fingerprint density at radius 1 is 1.12 bits per heavy atom. The van der Waals surface area contributed by atoms with E-state index in [1.807, 2.05) is 45.0 Å². The molecular formula is C20H21ClN2O2. The molecule has 0 radical (unpaired) electrons. The first kappa shape index (κ1) is 17.5. The van der Waals surface area contributed by atoms with Crippen molar-refractivity contribution in [3.63, 3.8) is 0 Å². The molecule has 25 heavy (non-hydrogen) atoms. The minimum atomic E-state index is -0.370. The van der Waals surface area contributed by atoms with Crippen LogP contribution in [0, 0.1) is 26.7 Å². The molecule has 1 heterocycles. The number of para-hydroxylation sites is 1. The van der Waals surface area contributed by atoms with Crippen LogP contribution in [0.5, 0.6) is 0 Å². The Hall–Kier alpha value is -2.33. The van der Waals surface area contributed by atoms with Crippen molar-refractivity contribution in [1.29, 1.82) is 0 Å². The summed E-state index contributed by atoms with van der Waals surface area (Å²) in [6, 6.07) is 11.3. The molecule has 1 aliphatic heterocycles. The highest BCUT2D eigenvalue weighted by atomic mass is 35.5. The topological polar surface area (TPSA) is 49.4 Å². The third kappa shape index (κ3) is 3.40. The summed E-state index contributed by atoms with van der Waals surface area (Å²) in [5.74, 6) is -0.530. The summed E-state index contributed by atoms with van der Waals surface area (Å²) in [4.78, 5) is 26.9. The average Bonchev–Trinajstić information content (AvgIpc) is 2.93. The first-order valence-electron chi connectivity index (χ1n) is 8.31. The molecule has 0 aromatic heterocycles. The van der Waals surface area contributed by atoms with Crippen LogP contribution in [0.2, 0.25) is 5.02 Å². The first-order valence-corrected chi connectivity index (χ1v) is 8.69. The minimum Gasteiger partial charge on any atom is -0.325 e. The number of carbonyl (C=O) groups excluding carboxylic acids is 2. The molecular weight excluding hydrogens is 336 g/mol. The first-order chi connectivity index (χ1) is 11.9. The quantitative estimate of drug-likeness (QED) is 0.893. The summed E-state index contributed by atoms with van der Waals surface area (Å²) < 4.78 is 0. The summed E-state index contributed by atoms with van der Waals surface area (Å²) in [6.07, 6.45) is 0.221. The lowest BCUT2D eigenvalue weighted by Crippen LogP contribution is -2.29. The number of nitrogens with zero attached hydrogens (tertiary/aromatic N) is 1. The van der Waals surface area contributed by atoms with E-state index < -0.39 is 0 Å². The Labute approximate surface area is 152 Å². The maximum atomic E-state index is 12.6. The lowest BCUT2D eigenvalue weighted by molar-refractivity contribution is -0.122. The standard InChI is InChI=1S/C20H21ClN2O2/c1-12-6-4-7-13(2)19(12)23-11-15(10-18(23)24)20(25)22-17-9-5-8-16(21)14(17)3/h4-9,15H,10-11H2,1-3H3,(H,22,25)/t15-/m0/s1. The largest absolute Gasteiger partial charge is 0.325 e. The highest BCUT2D eigenvalue weighted by Crippen LogP contribution is 2.31. The number of hydrogen-bond acceptors (Lipinski definition) is 2. The molecule has 0 unspecified atom stereocenters. The van der Waals surface area contributed by atoms with E-state index in [0.29, 0.717) is 17.3 Å². The second kappa shape index (κ2) is 6.89. The zero-order chi connectivity index (χ0) is 18.1. The molecule has 0 aliphatic carbocycles. The molecule has 1 fully saturated rings. The van der Waals surface area contributed by atoms with Gasteiger partial charge in [-0.1, -0.05) is 35.9 Å². The van der Waals surface area contributed by atoms with Crippen LogP contribution < -0.4 is 10.2 Å². The fourth-order valence-electron chi connectivity index (χ4n) is 3.31. The van der Waals surface area contributed by atoms with Gasteiger partial charge in [0.25, 0.3) is 0 Å². The number of halogens is 1. The highest BCUT2D eigenvalue weighted by molar-refractivity contribution is 6.31. The lowest BCUT2D eigenvalue weighted by atomic mass is 10.1. The zero-order valence-corrected chi connectivity index (χ0v) is 15.4. The molecule has 2 aromatic rings. The third-order valence-electron chi connectivity index (χ3n) is 4.73. The van der Waals surface area contributed by atoms with Gasteiger partial charge in [0, 0.05) is 29.4 Å². The Morgan fingerprint density at radius 3 is 2.44 bits per heavy atom. The van der Waals surface area contributed by atoms with E-state index in [4.69, 9.17) is 11.6 Å². The molecule has 0 bridgehead atoms. The monoisotopic (exact) mass is 356 g/mol. The molecule has 2 amide bonds. The number of hydrogen-bond donors (Lipinski definition) is 1. The maximum Gasteiger partial charge on any atom is 0.229 e. The maximum absolute atomic E-state index is 12.6. The van der Waals surface area contributed by atoms with Gasteiger partial charge in [-0.05, 0) is 49.6 Å². The molecule has 4 nitrogen and oxygen atoms in total. The van der Waals surface area contributed by atoms with Gasteiger partial charge >= 0.3 is 0 Å². The molecule has 1 aliphatic rings. The van der Waals surface area contributed by atoms with Crippen molar-refractivity contribution in [2.75, 3.05) is 16.8 Å². The molecule has 3 rings (SSSR count). The number of rotatable bonds is 3. The summed E-state index contributed by atoms with van der Waals surface area (Å²) in [6.45, 7) is 6.23. The van der Waals surface area contributed by atoms with Crippen LogP contribution in [0.25, 0.3) is 0 Å². The predicted molar refractivity (Wildman–Crippen MR) is 101 cm³/mol. The molecule has 1 atom stereocenters. The predicted octanol–water partition coefficient (Wildman–Crippen LogP) is 4.26. The van der Waals surface area contributed by atoms with Gasteiger partial charge in [-0.3, -0.25) is 9.59 Å². The number of carbonyl (C=O) groups is 2. The third-order valence-corrected chi connectivity index (χ3v) is 5.14. The second-order valence-corrected chi connectivity index (χ2v) is 6.95. The molecule has 1 N–H and O–H groups in total. The van der Waals surface area contributed by atoms with E-state index in [2.05, 4.69) is 5.32 Å². The van der Waals surface area contributed by atoms with Gasteiger partial charge in [0.2, 0.25) is 11.8 Å². The molecule has 0 spiro atoms. The number of benzene rings is 2. The number of amides is 2. The Balaban J connectivity index is 1.78. The Bertz CT molecular complexity index is 827. The van der Waals surface area contributed by atoms with E-state index in [1.165, 1.54) is 0 Å². The van der Waals surface area contributed by atoms with Crippen LogP contribution in [0.1, 0.15) is 23.1 Å². The van der Waals surface area contributed by atoms with Gasteiger partial charge in [-0.2, -0.15) is 0 Å². The van der Waals surface area contributed by atoms with Crippen LogP contribution in [-0.4, -0.2) is 18.4 Å². The van der Waals surface area contributed by atoms with Crippen LogP contribution in [-0.2, 0) is 9.59 Å². The summed E-state index contributed by atoms with van der Waals surface area (Å²) in [5, 5.41) is 3.52. The van der Waals surface area contributed by atoms with Gasteiger partial charge in [-0.15, -0.1) is 0 Å². The minimum absolute atomic E-state index is 0.0135. The summed E-state index contributed by atoms with van der Waals surface area (Å²) >= 11 is 6.10. The van der Waals surface area contributed by atoms with Crippen LogP contribution in [0.4, 0.5) is 11.4 Å². The smallest absolute Gasteiger partial charge is 0.229 e. The number of anilines is 2. The Kier molecular flexibility index (Phi) is 4.82. The van der Waals surface area contributed by atoms with Crippen LogP contribution in [0.15, 0.2) is 36.4 Å².